The molecule has 1 aromatic carbocycles. The fourth-order valence-electron chi connectivity index (χ4n) is 3.20. The molecule has 0 unspecified atom stereocenters. The molecular weight excluding hydrogens is 320 g/mol. The lowest BCUT2D eigenvalue weighted by Gasteiger charge is -2.32. The molecule has 0 saturated heterocycles. The van der Waals surface area contributed by atoms with Gasteiger partial charge in [-0.05, 0) is 29.7 Å². The van der Waals surface area contributed by atoms with Crippen molar-refractivity contribution in [3.63, 3.8) is 0 Å². The first-order valence-electron chi connectivity index (χ1n) is 8.16. The normalized spacial score (nSPS) is 16.1. The molecule has 7 nitrogen and oxygen atoms in total. The fourth-order valence-corrected chi connectivity index (χ4v) is 3.20. The summed E-state index contributed by atoms with van der Waals surface area (Å²) in [6.45, 7) is 1.04. The number of rotatable bonds is 2. The molecule has 2 aliphatic rings. The molecule has 2 N–H and O–H groups in total. The molecule has 128 valence electrons. The number of hydrogen-bond acceptors (Lipinski definition) is 5. The number of anilines is 2. The molecule has 0 aliphatic carbocycles. The Bertz CT molecular complexity index is 852. The van der Waals surface area contributed by atoms with Gasteiger partial charge in [0, 0.05) is 13.1 Å². The maximum absolute atomic E-state index is 12.7. The van der Waals surface area contributed by atoms with Crippen LogP contribution in [-0.4, -0.2) is 41.4 Å². The van der Waals surface area contributed by atoms with Crippen LogP contribution in [-0.2, 0) is 22.6 Å². The Morgan fingerprint density at radius 3 is 2.84 bits per heavy atom. The van der Waals surface area contributed by atoms with Crippen molar-refractivity contribution in [2.24, 2.45) is 0 Å². The molecule has 0 bridgehead atoms. The standard InChI is InChI=1S/C18H18N4O3/c19-15-6-5-14-18(20-15)22(17(24)11-25-14)10-16(23)21-8-7-12-3-1-2-4-13(12)9-21/h1-6H,7-11H2,(H2,19,20). The lowest BCUT2D eigenvalue weighted by atomic mass is 10.00. The molecule has 0 atom stereocenters. The van der Waals surface area contributed by atoms with Crippen LogP contribution in [0, 0.1) is 0 Å². The second kappa shape index (κ2) is 6.08. The van der Waals surface area contributed by atoms with Gasteiger partial charge in [-0.1, -0.05) is 24.3 Å². The van der Waals surface area contributed by atoms with E-state index in [-0.39, 0.29) is 30.8 Å². The minimum absolute atomic E-state index is 0.0617. The molecule has 1 aromatic heterocycles. The Balaban J connectivity index is 1.54. The zero-order valence-electron chi connectivity index (χ0n) is 13.6. The van der Waals surface area contributed by atoms with Gasteiger partial charge in [0.15, 0.2) is 18.2 Å². The largest absolute Gasteiger partial charge is 0.480 e. The van der Waals surface area contributed by atoms with Gasteiger partial charge in [0.05, 0.1) is 0 Å². The van der Waals surface area contributed by atoms with Crippen LogP contribution in [0.2, 0.25) is 0 Å². The summed E-state index contributed by atoms with van der Waals surface area (Å²) in [4.78, 5) is 32.3. The topological polar surface area (TPSA) is 88.8 Å². The van der Waals surface area contributed by atoms with Gasteiger partial charge in [-0.15, -0.1) is 0 Å². The molecule has 2 aliphatic heterocycles. The summed E-state index contributed by atoms with van der Waals surface area (Å²) in [6, 6.07) is 11.4. The van der Waals surface area contributed by atoms with Gasteiger partial charge >= 0.3 is 0 Å². The van der Waals surface area contributed by atoms with Crippen LogP contribution in [0.1, 0.15) is 11.1 Å². The van der Waals surface area contributed by atoms with Crippen LogP contribution in [0.5, 0.6) is 5.75 Å². The van der Waals surface area contributed by atoms with E-state index in [0.717, 1.165) is 12.0 Å². The summed E-state index contributed by atoms with van der Waals surface area (Å²) in [7, 11) is 0. The van der Waals surface area contributed by atoms with Gasteiger partial charge in [0.1, 0.15) is 12.4 Å². The molecule has 7 heteroatoms. The van der Waals surface area contributed by atoms with Crippen LogP contribution in [0.15, 0.2) is 36.4 Å². The maximum Gasteiger partial charge on any atom is 0.266 e. The van der Waals surface area contributed by atoms with Crippen molar-refractivity contribution in [3.8, 4) is 5.75 Å². The Morgan fingerprint density at radius 1 is 1.20 bits per heavy atom. The van der Waals surface area contributed by atoms with Crippen LogP contribution >= 0.6 is 0 Å². The van der Waals surface area contributed by atoms with Gasteiger partial charge < -0.3 is 15.4 Å². The first-order chi connectivity index (χ1) is 12.1. The van der Waals surface area contributed by atoms with E-state index in [1.807, 2.05) is 18.2 Å². The molecule has 4 rings (SSSR count). The highest BCUT2D eigenvalue weighted by molar-refractivity contribution is 6.01. The second-order valence-corrected chi connectivity index (χ2v) is 6.16. The third-order valence-corrected chi connectivity index (χ3v) is 4.55. The van der Waals surface area contributed by atoms with Gasteiger partial charge in [0.2, 0.25) is 5.91 Å². The van der Waals surface area contributed by atoms with Gasteiger partial charge in [-0.2, -0.15) is 0 Å². The number of carbonyl (C=O) groups excluding carboxylic acids is 2. The average molecular weight is 338 g/mol. The second-order valence-electron chi connectivity index (χ2n) is 6.16. The number of pyridine rings is 1. The van der Waals surface area contributed by atoms with Crippen LogP contribution in [0.3, 0.4) is 0 Å². The Morgan fingerprint density at radius 2 is 2.00 bits per heavy atom. The number of nitrogens with zero attached hydrogens (tertiary/aromatic N) is 3. The number of carbonyl (C=O) groups is 2. The predicted molar refractivity (Wildman–Crippen MR) is 92.1 cm³/mol. The monoisotopic (exact) mass is 338 g/mol. The predicted octanol–water partition coefficient (Wildman–Crippen LogP) is 0.974. The number of fused-ring (bicyclic) bond motifs is 2. The summed E-state index contributed by atoms with van der Waals surface area (Å²) in [5.74, 6) is 0.644. The van der Waals surface area contributed by atoms with E-state index in [2.05, 4.69) is 11.1 Å². The van der Waals surface area contributed by atoms with E-state index in [1.165, 1.54) is 10.5 Å². The van der Waals surface area contributed by atoms with Crippen molar-refractivity contribution in [1.82, 2.24) is 9.88 Å². The van der Waals surface area contributed by atoms with E-state index in [0.29, 0.717) is 24.7 Å². The van der Waals surface area contributed by atoms with E-state index >= 15 is 0 Å². The van der Waals surface area contributed by atoms with E-state index < -0.39 is 0 Å². The average Bonchev–Trinajstić information content (AvgIpc) is 2.63. The molecule has 3 heterocycles. The zero-order valence-corrected chi connectivity index (χ0v) is 13.6. The van der Waals surface area contributed by atoms with E-state index in [9.17, 15) is 9.59 Å². The number of nitrogens with two attached hydrogens (primary N) is 1. The third-order valence-electron chi connectivity index (χ3n) is 4.55. The molecule has 25 heavy (non-hydrogen) atoms. The van der Waals surface area contributed by atoms with Crippen molar-refractivity contribution in [1.29, 1.82) is 0 Å². The summed E-state index contributed by atoms with van der Waals surface area (Å²) in [5, 5.41) is 0. The molecule has 0 fully saturated rings. The van der Waals surface area contributed by atoms with Crippen molar-refractivity contribution in [2.75, 3.05) is 30.3 Å². The number of aromatic nitrogens is 1. The van der Waals surface area contributed by atoms with E-state index in [4.69, 9.17) is 10.5 Å². The summed E-state index contributed by atoms with van der Waals surface area (Å²) >= 11 is 0. The first-order valence-corrected chi connectivity index (χ1v) is 8.16. The lowest BCUT2D eigenvalue weighted by molar-refractivity contribution is -0.132. The van der Waals surface area contributed by atoms with Crippen LogP contribution in [0.4, 0.5) is 11.6 Å². The summed E-state index contributed by atoms with van der Waals surface area (Å²) in [5.41, 5.74) is 8.14. The lowest BCUT2D eigenvalue weighted by Crippen LogP contribution is -2.47. The van der Waals surface area contributed by atoms with Crippen molar-refractivity contribution in [3.05, 3.63) is 47.5 Å². The minimum atomic E-state index is -0.295. The number of hydrogen-bond donors (Lipinski definition) is 1. The highest BCUT2D eigenvalue weighted by Crippen LogP contribution is 2.31. The number of ether oxygens (including phenoxy) is 1. The van der Waals surface area contributed by atoms with Crippen molar-refractivity contribution >= 4 is 23.5 Å². The number of nitrogen functional groups attached to an aromatic ring is 1. The number of amides is 2. The molecule has 2 amide bonds. The van der Waals surface area contributed by atoms with E-state index in [1.54, 1.807) is 17.0 Å². The fraction of sp³-hybridized carbons (Fsp3) is 0.278. The molecule has 2 aromatic rings. The highest BCUT2D eigenvalue weighted by Gasteiger charge is 2.31. The Kier molecular flexibility index (Phi) is 3.76. The Hall–Kier alpha value is -3.09. The summed E-state index contributed by atoms with van der Waals surface area (Å²) < 4.78 is 5.36. The quantitative estimate of drug-likeness (QED) is 0.881. The van der Waals surface area contributed by atoms with Crippen molar-refractivity contribution in [2.45, 2.75) is 13.0 Å². The maximum atomic E-state index is 12.7. The molecule has 0 spiro atoms. The zero-order chi connectivity index (χ0) is 17.4. The minimum Gasteiger partial charge on any atom is -0.480 e. The first kappa shape index (κ1) is 15.4. The highest BCUT2D eigenvalue weighted by atomic mass is 16.5. The Labute approximate surface area is 145 Å². The van der Waals surface area contributed by atoms with Gasteiger partial charge in [0.25, 0.3) is 5.91 Å². The molecular formula is C18H18N4O3. The SMILES string of the molecule is Nc1ccc2c(n1)N(CC(=O)N1CCc3ccccc3C1)C(=O)CO2. The van der Waals surface area contributed by atoms with Gasteiger partial charge in [-0.25, -0.2) is 4.98 Å². The molecule has 0 saturated carbocycles. The van der Waals surface area contributed by atoms with Crippen LogP contribution < -0.4 is 15.4 Å². The summed E-state index contributed by atoms with van der Waals surface area (Å²) in [6.07, 6.45) is 0.820. The smallest absolute Gasteiger partial charge is 0.266 e. The third kappa shape index (κ3) is 2.88. The van der Waals surface area contributed by atoms with Gasteiger partial charge in [-0.3, -0.25) is 14.5 Å². The van der Waals surface area contributed by atoms with Crippen LogP contribution in [0.25, 0.3) is 0 Å². The molecule has 0 radical (unpaired) electrons. The van der Waals surface area contributed by atoms with Crippen molar-refractivity contribution < 1.29 is 14.3 Å². The number of benzene rings is 1.